The summed E-state index contributed by atoms with van der Waals surface area (Å²) < 4.78 is 5.34. The van der Waals surface area contributed by atoms with Gasteiger partial charge in [-0.2, -0.15) is 0 Å². The Labute approximate surface area is 178 Å². The number of aryl methyl sites for hydroxylation is 2. The van der Waals surface area contributed by atoms with E-state index in [1.807, 2.05) is 25.1 Å². The minimum Gasteiger partial charge on any atom is -0.497 e. The number of ether oxygens (including phenoxy) is 1. The minimum atomic E-state index is 0.00882. The lowest BCUT2D eigenvalue weighted by molar-refractivity contribution is 0.0912. The van der Waals surface area contributed by atoms with Gasteiger partial charge in [-0.25, -0.2) is 0 Å². The van der Waals surface area contributed by atoms with E-state index in [1.165, 1.54) is 12.0 Å². The zero-order valence-corrected chi connectivity index (χ0v) is 17.9. The van der Waals surface area contributed by atoms with Crippen LogP contribution in [-0.4, -0.2) is 48.6 Å². The Morgan fingerprint density at radius 1 is 1.17 bits per heavy atom. The largest absolute Gasteiger partial charge is 0.497 e. The quantitative estimate of drug-likeness (QED) is 0.616. The predicted octanol–water partition coefficient (Wildman–Crippen LogP) is 4.31. The number of nitrogens with one attached hydrogen (secondary N) is 2. The molecule has 1 aliphatic rings. The highest BCUT2D eigenvalue weighted by molar-refractivity contribution is 6.08. The monoisotopic (exact) mass is 405 g/mol. The maximum atomic E-state index is 13.0. The van der Waals surface area contributed by atoms with Gasteiger partial charge >= 0.3 is 0 Å². The van der Waals surface area contributed by atoms with Crippen molar-refractivity contribution in [2.24, 2.45) is 0 Å². The van der Waals surface area contributed by atoms with Gasteiger partial charge in [0, 0.05) is 35.7 Å². The van der Waals surface area contributed by atoms with E-state index in [4.69, 9.17) is 4.74 Å². The molecular weight excluding hydrogens is 374 g/mol. The van der Waals surface area contributed by atoms with Gasteiger partial charge in [0.15, 0.2) is 0 Å². The van der Waals surface area contributed by atoms with E-state index in [1.54, 1.807) is 7.11 Å². The van der Waals surface area contributed by atoms with Crippen molar-refractivity contribution >= 4 is 16.8 Å². The van der Waals surface area contributed by atoms with Crippen molar-refractivity contribution in [2.45, 2.75) is 38.6 Å². The predicted molar refractivity (Wildman–Crippen MR) is 121 cm³/mol. The average molecular weight is 406 g/mol. The van der Waals surface area contributed by atoms with Crippen molar-refractivity contribution in [3.05, 3.63) is 65.4 Å². The van der Waals surface area contributed by atoms with Crippen LogP contribution in [0.4, 0.5) is 0 Å². The Morgan fingerprint density at radius 2 is 1.93 bits per heavy atom. The van der Waals surface area contributed by atoms with Crippen LogP contribution in [0.1, 0.15) is 40.9 Å². The number of hydrogen-bond donors (Lipinski definition) is 2. The molecule has 2 heterocycles. The highest BCUT2D eigenvalue weighted by atomic mass is 16.5. The van der Waals surface area contributed by atoms with Gasteiger partial charge < -0.3 is 19.9 Å². The molecule has 4 rings (SSSR count). The number of nitrogens with zero attached hydrogens (tertiary/aromatic N) is 1. The van der Waals surface area contributed by atoms with Gasteiger partial charge in [-0.15, -0.1) is 0 Å². The molecule has 2 aromatic carbocycles. The molecule has 0 spiro atoms. The van der Waals surface area contributed by atoms with Gasteiger partial charge in [-0.05, 0) is 62.9 Å². The first-order chi connectivity index (χ1) is 14.6. The number of aromatic amines is 1. The third kappa shape index (κ3) is 4.68. The van der Waals surface area contributed by atoms with Gasteiger partial charge in [0.2, 0.25) is 0 Å². The molecule has 30 heavy (non-hydrogen) atoms. The number of carbonyl (C=O) groups excluding carboxylic acids is 1. The number of carbonyl (C=O) groups is 1. The van der Waals surface area contributed by atoms with Gasteiger partial charge in [0.25, 0.3) is 5.91 Å². The van der Waals surface area contributed by atoms with Crippen LogP contribution in [0.15, 0.2) is 48.5 Å². The first kappa shape index (κ1) is 20.5. The molecule has 3 aromatic rings. The number of hydrogen-bond acceptors (Lipinski definition) is 3. The van der Waals surface area contributed by atoms with Crippen LogP contribution in [0.2, 0.25) is 0 Å². The van der Waals surface area contributed by atoms with Gasteiger partial charge in [0.1, 0.15) is 5.75 Å². The molecule has 0 bridgehead atoms. The number of fused-ring (bicyclic) bond motifs is 1. The van der Waals surface area contributed by atoms with E-state index in [2.05, 4.69) is 45.5 Å². The molecule has 0 unspecified atom stereocenters. The molecule has 1 fully saturated rings. The van der Waals surface area contributed by atoms with Crippen molar-refractivity contribution < 1.29 is 9.53 Å². The SMILES string of the molecule is COc1ccc2[nH]c(C)c(C(=O)NC3CCN(CCCc4ccccc4)CC3)c2c1. The van der Waals surface area contributed by atoms with E-state index in [9.17, 15) is 4.79 Å². The molecule has 158 valence electrons. The van der Waals surface area contributed by atoms with Crippen molar-refractivity contribution in [2.75, 3.05) is 26.7 Å². The maximum absolute atomic E-state index is 13.0. The summed E-state index contributed by atoms with van der Waals surface area (Å²) in [4.78, 5) is 18.9. The summed E-state index contributed by atoms with van der Waals surface area (Å²) in [6.45, 7) is 5.16. The second-order valence-electron chi connectivity index (χ2n) is 8.22. The van der Waals surface area contributed by atoms with Crippen molar-refractivity contribution in [3.8, 4) is 5.75 Å². The number of piperidine rings is 1. The Balaban J connectivity index is 1.29. The fraction of sp³-hybridized carbons (Fsp3) is 0.400. The first-order valence-electron chi connectivity index (χ1n) is 10.9. The number of H-pyrrole nitrogens is 1. The van der Waals surface area contributed by atoms with Gasteiger partial charge in [-0.1, -0.05) is 30.3 Å². The summed E-state index contributed by atoms with van der Waals surface area (Å²) in [6.07, 6.45) is 4.31. The van der Waals surface area contributed by atoms with Crippen molar-refractivity contribution in [3.63, 3.8) is 0 Å². The van der Waals surface area contributed by atoms with Crippen LogP contribution in [0, 0.1) is 6.92 Å². The summed E-state index contributed by atoms with van der Waals surface area (Å²) in [5.41, 5.74) is 4.00. The Morgan fingerprint density at radius 3 is 2.67 bits per heavy atom. The van der Waals surface area contributed by atoms with Crippen LogP contribution in [0.3, 0.4) is 0 Å². The van der Waals surface area contributed by atoms with Gasteiger partial charge in [-0.3, -0.25) is 4.79 Å². The summed E-state index contributed by atoms with van der Waals surface area (Å²) in [5.74, 6) is 0.772. The number of benzene rings is 2. The summed E-state index contributed by atoms with van der Waals surface area (Å²) >= 11 is 0. The highest BCUT2D eigenvalue weighted by Crippen LogP contribution is 2.26. The lowest BCUT2D eigenvalue weighted by Gasteiger charge is -2.32. The van der Waals surface area contributed by atoms with E-state index < -0.39 is 0 Å². The van der Waals surface area contributed by atoms with Gasteiger partial charge in [0.05, 0.1) is 12.7 Å². The molecule has 1 saturated heterocycles. The maximum Gasteiger partial charge on any atom is 0.253 e. The zero-order chi connectivity index (χ0) is 20.9. The normalized spacial score (nSPS) is 15.4. The third-order valence-corrected chi connectivity index (χ3v) is 6.13. The highest BCUT2D eigenvalue weighted by Gasteiger charge is 2.23. The molecule has 0 atom stereocenters. The summed E-state index contributed by atoms with van der Waals surface area (Å²) in [7, 11) is 1.65. The molecule has 5 nitrogen and oxygen atoms in total. The number of amides is 1. The Kier molecular flexibility index (Phi) is 6.38. The third-order valence-electron chi connectivity index (χ3n) is 6.13. The Hall–Kier alpha value is -2.79. The first-order valence-corrected chi connectivity index (χ1v) is 10.9. The molecule has 0 saturated carbocycles. The topological polar surface area (TPSA) is 57.4 Å². The number of methoxy groups -OCH3 is 1. The standard InChI is InChI=1S/C25H31N3O2/c1-18-24(22-17-21(30-2)10-11-23(22)26-18)25(29)27-20-12-15-28(16-13-20)14-6-9-19-7-4-3-5-8-19/h3-5,7-8,10-11,17,20,26H,6,9,12-16H2,1-2H3,(H,27,29). The van der Waals surface area contributed by atoms with E-state index in [-0.39, 0.29) is 11.9 Å². The van der Waals surface area contributed by atoms with Crippen molar-refractivity contribution in [1.29, 1.82) is 0 Å². The molecular formula is C25H31N3O2. The fourth-order valence-electron chi connectivity index (χ4n) is 4.44. The van der Waals surface area contributed by atoms with Crippen LogP contribution in [0.25, 0.3) is 10.9 Å². The smallest absolute Gasteiger partial charge is 0.253 e. The summed E-state index contributed by atoms with van der Waals surface area (Å²) in [6, 6.07) is 16.7. The lowest BCUT2D eigenvalue weighted by Crippen LogP contribution is -2.45. The van der Waals surface area contributed by atoms with E-state index in [0.29, 0.717) is 0 Å². The van der Waals surface area contributed by atoms with E-state index >= 15 is 0 Å². The second kappa shape index (κ2) is 9.35. The Bertz CT molecular complexity index is 988. The average Bonchev–Trinajstić information content (AvgIpc) is 3.10. The minimum absolute atomic E-state index is 0.00882. The zero-order valence-electron chi connectivity index (χ0n) is 17.9. The summed E-state index contributed by atoms with van der Waals surface area (Å²) in [5, 5.41) is 4.19. The molecule has 2 N–H and O–H groups in total. The van der Waals surface area contributed by atoms with Crippen LogP contribution in [-0.2, 0) is 6.42 Å². The van der Waals surface area contributed by atoms with E-state index in [0.717, 1.165) is 66.8 Å². The fourth-order valence-corrected chi connectivity index (χ4v) is 4.44. The molecule has 5 heteroatoms. The molecule has 0 aliphatic carbocycles. The lowest BCUT2D eigenvalue weighted by atomic mass is 10.0. The second-order valence-corrected chi connectivity index (χ2v) is 8.22. The number of aromatic nitrogens is 1. The number of rotatable bonds is 7. The molecule has 1 amide bonds. The van der Waals surface area contributed by atoms with Crippen molar-refractivity contribution in [1.82, 2.24) is 15.2 Å². The molecule has 0 radical (unpaired) electrons. The van der Waals surface area contributed by atoms with Crippen LogP contribution < -0.4 is 10.1 Å². The number of likely N-dealkylation sites (tertiary alicyclic amines) is 1. The molecule has 1 aromatic heterocycles. The van der Waals surface area contributed by atoms with Crippen LogP contribution >= 0.6 is 0 Å². The molecule has 1 aliphatic heterocycles. The van der Waals surface area contributed by atoms with Crippen LogP contribution in [0.5, 0.6) is 5.75 Å².